The minimum atomic E-state index is -0.989. The number of carbonyl (C=O) groups is 4. The summed E-state index contributed by atoms with van der Waals surface area (Å²) in [5.74, 6) is -3.06. The van der Waals surface area contributed by atoms with E-state index in [2.05, 4.69) is 10.6 Å². The second kappa shape index (κ2) is 13.1. The topological polar surface area (TPSA) is 114 Å². The van der Waals surface area contributed by atoms with Gasteiger partial charge < -0.3 is 20.1 Å². The fraction of sp³-hybridized carbons (Fsp3) is 0.172. The maximum absolute atomic E-state index is 13.8. The molecule has 9 nitrogen and oxygen atoms in total. The van der Waals surface area contributed by atoms with E-state index in [0.29, 0.717) is 47.2 Å². The van der Waals surface area contributed by atoms with Gasteiger partial charge in [-0.2, -0.15) is 0 Å². The quantitative estimate of drug-likeness (QED) is 0.310. The summed E-state index contributed by atoms with van der Waals surface area (Å²) in [6, 6.07) is 14.7. The largest absolute Gasteiger partial charge is 0.490 e. The molecule has 0 bridgehead atoms. The van der Waals surface area contributed by atoms with Crippen molar-refractivity contribution in [1.82, 2.24) is 4.90 Å². The second-order valence-electron chi connectivity index (χ2n) is 8.73. The molecule has 0 aliphatic carbocycles. The molecule has 4 rings (SSSR count). The van der Waals surface area contributed by atoms with Gasteiger partial charge in [-0.25, -0.2) is 8.78 Å². The molecule has 4 amide bonds. The van der Waals surface area contributed by atoms with Crippen molar-refractivity contribution >= 4 is 52.2 Å². The molecule has 212 valence electrons. The highest BCUT2D eigenvalue weighted by atomic mass is 32.2. The van der Waals surface area contributed by atoms with Crippen LogP contribution in [0.5, 0.6) is 11.5 Å². The van der Waals surface area contributed by atoms with Crippen molar-refractivity contribution in [2.75, 3.05) is 30.4 Å². The van der Waals surface area contributed by atoms with Crippen molar-refractivity contribution in [3.8, 4) is 11.5 Å². The van der Waals surface area contributed by atoms with Crippen LogP contribution in [0.2, 0.25) is 0 Å². The maximum atomic E-state index is 13.8. The Hall–Kier alpha value is -4.71. The molecule has 1 heterocycles. The standard InChI is InChI=1S/C29H25F2N3O6S/c1-3-39-24-12-18(8-11-23(24)40-16-27(36)32-21-7-5-4-6-17(21)2)13-25-28(37)34(29(38)41-25)15-26(35)33-22-10-9-19(30)14-20(22)31/h4-14H,3,15-16H2,1-2H3,(H,32,36)(H,33,35)/b25-13-. The Morgan fingerprint density at radius 1 is 0.927 bits per heavy atom. The highest BCUT2D eigenvalue weighted by Gasteiger charge is 2.36. The average Bonchev–Trinajstić information content (AvgIpc) is 3.18. The molecule has 3 aromatic rings. The lowest BCUT2D eigenvalue weighted by molar-refractivity contribution is -0.127. The van der Waals surface area contributed by atoms with Crippen LogP contribution < -0.4 is 20.1 Å². The zero-order valence-electron chi connectivity index (χ0n) is 22.0. The molecule has 3 aromatic carbocycles. The summed E-state index contributed by atoms with van der Waals surface area (Å²) < 4.78 is 38.2. The fourth-order valence-electron chi connectivity index (χ4n) is 3.76. The van der Waals surface area contributed by atoms with Crippen LogP contribution in [-0.4, -0.2) is 47.6 Å². The van der Waals surface area contributed by atoms with Gasteiger partial charge in [-0.05, 0) is 73.1 Å². The monoisotopic (exact) mass is 581 g/mol. The molecule has 0 unspecified atom stereocenters. The van der Waals surface area contributed by atoms with E-state index in [1.165, 1.54) is 6.08 Å². The van der Waals surface area contributed by atoms with E-state index in [1.807, 2.05) is 25.1 Å². The van der Waals surface area contributed by atoms with Gasteiger partial charge >= 0.3 is 0 Å². The fourth-order valence-corrected chi connectivity index (χ4v) is 4.59. The Morgan fingerprint density at radius 3 is 2.41 bits per heavy atom. The number of carbonyl (C=O) groups excluding carboxylic acids is 4. The number of ether oxygens (including phenoxy) is 2. The average molecular weight is 582 g/mol. The normalized spacial score (nSPS) is 13.9. The number of anilines is 2. The first-order valence-corrected chi connectivity index (χ1v) is 13.2. The summed E-state index contributed by atoms with van der Waals surface area (Å²) in [5, 5.41) is 4.32. The first kappa shape index (κ1) is 29.3. The molecule has 1 saturated heterocycles. The van der Waals surface area contributed by atoms with E-state index < -0.39 is 35.2 Å². The van der Waals surface area contributed by atoms with Gasteiger partial charge in [0.1, 0.15) is 18.2 Å². The number of benzene rings is 3. The Kier molecular flexibility index (Phi) is 9.35. The third-order valence-electron chi connectivity index (χ3n) is 5.72. The number of hydrogen-bond donors (Lipinski definition) is 2. The summed E-state index contributed by atoms with van der Waals surface area (Å²) in [7, 11) is 0. The van der Waals surface area contributed by atoms with Crippen molar-refractivity contribution in [3.63, 3.8) is 0 Å². The smallest absolute Gasteiger partial charge is 0.294 e. The van der Waals surface area contributed by atoms with Gasteiger partial charge in [-0.15, -0.1) is 0 Å². The number of thioether (sulfide) groups is 1. The molecular weight excluding hydrogens is 556 g/mol. The molecule has 12 heteroatoms. The zero-order chi connectivity index (χ0) is 29.5. The van der Waals surface area contributed by atoms with Crippen LogP contribution in [0.25, 0.3) is 6.08 Å². The Bertz CT molecular complexity index is 1540. The lowest BCUT2D eigenvalue weighted by atomic mass is 10.2. The number of imide groups is 1. The van der Waals surface area contributed by atoms with E-state index >= 15 is 0 Å². The van der Waals surface area contributed by atoms with Crippen molar-refractivity contribution in [1.29, 1.82) is 0 Å². The lowest BCUT2D eigenvalue weighted by Gasteiger charge is -2.14. The molecule has 0 radical (unpaired) electrons. The SMILES string of the molecule is CCOc1cc(/C=C2\SC(=O)N(CC(=O)Nc3ccc(F)cc3F)C2=O)ccc1OCC(=O)Nc1ccccc1C. The van der Waals surface area contributed by atoms with Crippen LogP contribution in [-0.2, 0) is 14.4 Å². The van der Waals surface area contributed by atoms with Gasteiger partial charge in [0.25, 0.3) is 17.1 Å². The van der Waals surface area contributed by atoms with Crippen molar-refractivity contribution in [3.05, 3.63) is 88.3 Å². The first-order chi connectivity index (χ1) is 19.6. The van der Waals surface area contributed by atoms with E-state index in [0.717, 1.165) is 22.6 Å². The Labute approximate surface area is 238 Å². The zero-order valence-corrected chi connectivity index (χ0v) is 22.8. The highest BCUT2D eigenvalue weighted by Crippen LogP contribution is 2.35. The summed E-state index contributed by atoms with van der Waals surface area (Å²) in [6.07, 6.45) is 1.46. The first-order valence-electron chi connectivity index (χ1n) is 12.4. The molecule has 41 heavy (non-hydrogen) atoms. The van der Waals surface area contributed by atoms with Crippen molar-refractivity contribution in [2.24, 2.45) is 0 Å². The Balaban J connectivity index is 1.41. The predicted octanol–water partition coefficient (Wildman–Crippen LogP) is 5.36. The molecule has 1 fully saturated rings. The number of amides is 4. The van der Waals surface area contributed by atoms with E-state index in [9.17, 15) is 28.0 Å². The van der Waals surface area contributed by atoms with Crippen LogP contribution in [0.15, 0.2) is 65.6 Å². The number of para-hydroxylation sites is 1. The molecule has 1 aliphatic rings. The minimum absolute atomic E-state index is 0.0597. The van der Waals surface area contributed by atoms with Crippen LogP contribution in [0.3, 0.4) is 0 Å². The number of hydrogen-bond acceptors (Lipinski definition) is 7. The van der Waals surface area contributed by atoms with Gasteiger partial charge in [0.05, 0.1) is 17.2 Å². The summed E-state index contributed by atoms with van der Waals surface area (Å²) in [4.78, 5) is 50.8. The summed E-state index contributed by atoms with van der Waals surface area (Å²) in [6.45, 7) is 3.03. The van der Waals surface area contributed by atoms with Gasteiger partial charge in [-0.1, -0.05) is 24.3 Å². The second-order valence-corrected chi connectivity index (χ2v) is 9.72. The van der Waals surface area contributed by atoms with Crippen molar-refractivity contribution in [2.45, 2.75) is 13.8 Å². The summed E-state index contributed by atoms with van der Waals surface area (Å²) in [5.41, 5.74) is 1.81. The van der Waals surface area contributed by atoms with Gasteiger partial charge in [0.15, 0.2) is 18.1 Å². The molecule has 1 aliphatic heterocycles. The van der Waals surface area contributed by atoms with E-state index in [-0.39, 0.29) is 23.1 Å². The van der Waals surface area contributed by atoms with E-state index in [4.69, 9.17) is 9.47 Å². The van der Waals surface area contributed by atoms with Crippen molar-refractivity contribution < 1.29 is 37.4 Å². The summed E-state index contributed by atoms with van der Waals surface area (Å²) >= 11 is 0.639. The third kappa shape index (κ3) is 7.48. The lowest BCUT2D eigenvalue weighted by Crippen LogP contribution is -2.36. The van der Waals surface area contributed by atoms with Gasteiger partial charge in [0.2, 0.25) is 5.91 Å². The third-order valence-corrected chi connectivity index (χ3v) is 6.63. The minimum Gasteiger partial charge on any atom is -0.490 e. The number of nitrogens with one attached hydrogen (secondary N) is 2. The predicted molar refractivity (Wildman–Crippen MR) is 151 cm³/mol. The van der Waals surface area contributed by atoms with Gasteiger partial charge in [0, 0.05) is 11.8 Å². The van der Waals surface area contributed by atoms with Crippen LogP contribution in [0.1, 0.15) is 18.1 Å². The van der Waals surface area contributed by atoms with Crippen LogP contribution in [0.4, 0.5) is 25.0 Å². The maximum Gasteiger partial charge on any atom is 0.294 e. The number of aryl methyl sites for hydroxylation is 1. The molecule has 0 aromatic heterocycles. The molecule has 0 atom stereocenters. The molecule has 0 spiro atoms. The van der Waals surface area contributed by atoms with Crippen LogP contribution >= 0.6 is 11.8 Å². The number of nitrogens with zero attached hydrogens (tertiary/aromatic N) is 1. The molecular formula is C29H25F2N3O6S. The highest BCUT2D eigenvalue weighted by molar-refractivity contribution is 8.18. The van der Waals surface area contributed by atoms with Gasteiger partial charge in [-0.3, -0.25) is 24.1 Å². The van der Waals surface area contributed by atoms with Crippen LogP contribution in [0, 0.1) is 18.6 Å². The molecule has 0 saturated carbocycles. The van der Waals surface area contributed by atoms with E-state index in [1.54, 1.807) is 31.2 Å². The number of halogens is 2. The number of rotatable bonds is 10. The Morgan fingerprint density at radius 2 is 1.68 bits per heavy atom. The molecule has 2 N–H and O–H groups in total.